The molecule has 1 fully saturated rings. The van der Waals surface area contributed by atoms with Crippen LogP contribution in [0.1, 0.15) is 65.9 Å². The van der Waals surface area contributed by atoms with Crippen molar-refractivity contribution in [3.05, 3.63) is 59.4 Å². The number of fused-ring (bicyclic) bond motifs is 1. The Kier molecular flexibility index (Phi) is 6.87. The number of aromatic nitrogens is 2. The summed E-state index contributed by atoms with van der Waals surface area (Å²) in [6.45, 7) is 6.92. The average molecular weight is 447 g/mol. The smallest absolute Gasteiger partial charge is 0.338 e. The number of carbonyl (C=O) groups is 2. The summed E-state index contributed by atoms with van der Waals surface area (Å²) in [6.07, 6.45) is 5.77. The van der Waals surface area contributed by atoms with Gasteiger partial charge in [-0.2, -0.15) is 0 Å². The van der Waals surface area contributed by atoms with Gasteiger partial charge in [-0.3, -0.25) is 4.79 Å². The summed E-state index contributed by atoms with van der Waals surface area (Å²) in [4.78, 5) is 36.7. The largest absolute Gasteiger partial charge is 0.462 e. The van der Waals surface area contributed by atoms with E-state index in [2.05, 4.69) is 22.2 Å². The Bertz CT molecular complexity index is 1160. The first-order chi connectivity index (χ1) is 16.0. The lowest BCUT2D eigenvalue weighted by molar-refractivity contribution is 0.0525. The van der Waals surface area contributed by atoms with Gasteiger partial charge in [-0.25, -0.2) is 14.8 Å². The highest BCUT2D eigenvalue weighted by Crippen LogP contribution is 2.31. The maximum Gasteiger partial charge on any atom is 0.338 e. The van der Waals surface area contributed by atoms with Gasteiger partial charge in [0.15, 0.2) is 5.65 Å². The number of anilines is 2. The Labute approximate surface area is 194 Å². The zero-order valence-electron chi connectivity index (χ0n) is 19.4. The molecule has 7 heteroatoms. The number of esters is 1. The van der Waals surface area contributed by atoms with E-state index in [-0.39, 0.29) is 17.9 Å². The Morgan fingerprint density at radius 2 is 1.91 bits per heavy atom. The van der Waals surface area contributed by atoms with Crippen molar-refractivity contribution in [3.63, 3.8) is 0 Å². The molecule has 0 radical (unpaired) electrons. The average Bonchev–Trinajstić information content (AvgIpc) is 2.84. The second kappa shape index (κ2) is 9.98. The molecular formula is C26H30N4O3. The van der Waals surface area contributed by atoms with Crippen LogP contribution in [0.3, 0.4) is 0 Å². The number of amides is 1. The molecule has 1 aromatic carbocycles. The molecule has 4 rings (SSSR count). The van der Waals surface area contributed by atoms with E-state index in [9.17, 15) is 9.59 Å². The lowest BCUT2D eigenvalue weighted by Gasteiger charge is -2.35. The maximum atomic E-state index is 13.7. The van der Waals surface area contributed by atoms with Crippen molar-refractivity contribution in [2.75, 3.05) is 18.5 Å². The van der Waals surface area contributed by atoms with Gasteiger partial charge in [0.25, 0.3) is 5.91 Å². The van der Waals surface area contributed by atoms with Gasteiger partial charge in [0.2, 0.25) is 0 Å². The van der Waals surface area contributed by atoms with Gasteiger partial charge in [0.05, 0.1) is 23.4 Å². The fraction of sp³-hybridized carbons (Fsp3) is 0.385. The molecule has 172 valence electrons. The molecule has 1 amide bonds. The normalized spacial score (nSPS) is 16.0. The number of aryl methyl sites for hydroxylation is 1. The Hall–Kier alpha value is -3.48. The first-order valence-corrected chi connectivity index (χ1v) is 11.6. The van der Waals surface area contributed by atoms with E-state index in [0.29, 0.717) is 29.1 Å². The Morgan fingerprint density at radius 3 is 2.64 bits per heavy atom. The van der Waals surface area contributed by atoms with Crippen molar-refractivity contribution in [1.29, 1.82) is 0 Å². The number of nitrogens with one attached hydrogen (secondary N) is 1. The molecular weight excluding hydrogens is 416 g/mol. The van der Waals surface area contributed by atoms with Crippen molar-refractivity contribution in [2.45, 2.75) is 52.5 Å². The van der Waals surface area contributed by atoms with E-state index in [4.69, 9.17) is 4.74 Å². The fourth-order valence-corrected chi connectivity index (χ4v) is 4.36. The van der Waals surface area contributed by atoms with Crippen molar-refractivity contribution in [1.82, 2.24) is 14.9 Å². The molecule has 7 nitrogen and oxygen atoms in total. The standard InChI is InChI=1S/C26H30N4O3/c1-4-20-8-6-7-15-30(20)25(31)22-16-27-24-21(14-9-17(3)28-24)23(22)29-19-12-10-18(11-13-19)26(32)33-5-2/h9-14,16,20H,4-8,15H2,1-3H3,(H,27,28,29)/t20-/m0/s1. The Morgan fingerprint density at radius 1 is 1.12 bits per heavy atom. The molecule has 1 saturated heterocycles. The fourth-order valence-electron chi connectivity index (χ4n) is 4.36. The third-order valence-corrected chi connectivity index (χ3v) is 6.12. The number of carbonyl (C=O) groups excluding carboxylic acids is 2. The van der Waals surface area contributed by atoms with Crippen LogP contribution in [0.5, 0.6) is 0 Å². The number of likely N-dealkylation sites (tertiary alicyclic amines) is 1. The molecule has 3 heterocycles. The van der Waals surface area contributed by atoms with E-state index >= 15 is 0 Å². The van der Waals surface area contributed by atoms with Crippen LogP contribution in [-0.4, -0.2) is 45.9 Å². The molecule has 0 spiro atoms. The molecule has 1 aliphatic rings. The summed E-state index contributed by atoms with van der Waals surface area (Å²) in [5.74, 6) is -0.369. The monoisotopic (exact) mass is 446 g/mol. The number of hydrogen-bond acceptors (Lipinski definition) is 6. The summed E-state index contributed by atoms with van der Waals surface area (Å²) in [5.41, 5.74) is 3.90. The van der Waals surface area contributed by atoms with E-state index in [1.165, 1.54) is 0 Å². The van der Waals surface area contributed by atoms with Crippen LogP contribution < -0.4 is 5.32 Å². The van der Waals surface area contributed by atoms with Gasteiger partial charge in [-0.05, 0) is 75.9 Å². The summed E-state index contributed by atoms with van der Waals surface area (Å²) in [7, 11) is 0. The van der Waals surface area contributed by atoms with Crippen LogP contribution in [0.25, 0.3) is 11.0 Å². The molecule has 0 bridgehead atoms. The number of rotatable bonds is 6. The highest BCUT2D eigenvalue weighted by atomic mass is 16.5. The third kappa shape index (κ3) is 4.82. The summed E-state index contributed by atoms with van der Waals surface area (Å²) in [5, 5.41) is 4.19. The molecule has 0 aliphatic carbocycles. The molecule has 0 unspecified atom stereocenters. The van der Waals surface area contributed by atoms with Crippen molar-refractivity contribution in [3.8, 4) is 0 Å². The van der Waals surface area contributed by atoms with Crippen LogP contribution in [0, 0.1) is 6.92 Å². The molecule has 1 atom stereocenters. The predicted octanol–water partition coefficient (Wildman–Crippen LogP) is 5.26. The van der Waals surface area contributed by atoms with E-state index in [1.54, 1.807) is 25.3 Å². The first kappa shape index (κ1) is 22.7. The number of piperidine rings is 1. The molecule has 1 N–H and O–H groups in total. The highest BCUT2D eigenvalue weighted by Gasteiger charge is 2.28. The number of benzene rings is 1. The minimum Gasteiger partial charge on any atom is -0.462 e. The zero-order valence-corrected chi connectivity index (χ0v) is 19.4. The van der Waals surface area contributed by atoms with Gasteiger partial charge in [-0.15, -0.1) is 0 Å². The minimum atomic E-state index is -0.357. The van der Waals surface area contributed by atoms with Gasteiger partial charge in [-0.1, -0.05) is 6.92 Å². The van der Waals surface area contributed by atoms with Crippen molar-refractivity contribution >= 4 is 34.3 Å². The summed E-state index contributed by atoms with van der Waals surface area (Å²) in [6, 6.07) is 11.2. The number of pyridine rings is 2. The highest BCUT2D eigenvalue weighted by molar-refractivity contribution is 6.07. The maximum absolute atomic E-state index is 13.7. The van der Waals surface area contributed by atoms with E-state index in [1.807, 2.05) is 36.1 Å². The molecule has 3 aromatic rings. The number of ether oxygens (including phenoxy) is 1. The number of nitrogens with zero attached hydrogens (tertiary/aromatic N) is 3. The molecule has 33 heavy (non-hydrogen) atoms. The zero-order chi connectivity index (χ0) is 23.4. The predicted molar refractivity (Wildman–Crippen MR) is 129 cm³/mol. The topological polar surface area (TPSA) is 84.4 Å². The second-order valence-electron chi connectivity index (χ2n) is 8.35. The van der Waals surface area contributed by atoms with Crippen LogP contribution >= 0.6 is 0 Å². The Balaban J connectivity index is 1.73. The van der Waals surface area contributed by atoms with Gasteiger partial charge >= 0.3 is 5.97 Å². The van der Waals surface area contributed by atoms with Gasteiger partial charge in [0.1, 0.15) is 0 Å². The van der Waals surface area contributed by atoms with Crippen LogP contribution in [0.4, 0.5) is 11.4 Å². The molecule has 1 aliphatic heterocycles. The van der Waals surface area contributed by atoms with E-state index in [0.717, 1.165) is 49.0 Å². The molecule has 0 saturated carbocycles. The number of hydrogen-bond donors (Lipinski definition) is 1. The van der Waals surface area contributed by atoms with Crippen molar-refractivity contribution in [2.24, 2.45) is 0 Å². The summed E-state index contributed by atoms with van der Waals surface area (Å²) >= 11 is 0. The lowest BCUT2D eigenvalue weighted by Crippen LogP contribution is -2.43. The van der Waals surface area contributed by atoms with Crippen LogP contribution in [0.2, 0.25) is 0 Å². The van der Waals surface area contributed by atoms with Gasteiger partial charge < -0.3 is 15.0 Å². The summed E-state index contributed by atoms with van der Waals surface area (Å²) < 4.78 is 5.07. The SMILES string of the molecule is CCOC(=O)c1ccc(Nc2c(C(=O)N3CCCC[C@@H]3CC)cnc3nc(C)ccc23)cc1. The van der Waals surface area contributed by atoms with Crippen LogP contribution in [0.15, 0.2) is 42.6 Å². The second-order valence-corrected chi connectivity index (χ2v) is 8.35. The minimum absolute atomic E-state index is 0.0119. The van der Waals surface area contributed by atoms with Gasteiger partial charge in [0, 0.05) is 35.6 Å². The lowest BCUT2D eigenvalue weighted by atomic mass is 9.98. The van der Waals surface area contributed by atoms with Crippen molar-refractivity contribution < 1.29 is 14.3 Å². The quantitative estimate of drug-likeness (QED) is 0.520. The molecule has 2 aromatic heterocycles. The van der Waals surface area contributed by atoms with Crippen LogP contribution in [-0.2, 0) is 4.74 Å². The third-order valence-electron chi connectivity index (χ3n) is 6.12. The first-order valence-electron chi connectivity index (χ1n) is 11.6. The van der Waals surface area contributed by atoms with E-state index < -0.39 is 0 Å².